The van der Waals surface area contributed by atoms with E-state index in [4.69, 9.17) is 4.74 Å². The smallest absolute Gasteiger partial charge is 0.242 e. The van der Waals surface area contributed by atoms with Crippen LogP contribution in [0.3, 0.4) is 0 Å². The largest absolute Gasteiger partial charge is 0.497 e. The minimum atomic E-state index is 0.117. The number of imidazole rings is 1. The molecule has 2 aromatic rings. The molecule has 3 aliphatic rings. The van der Waals surface area contributed by atoms with Crippen molar-refractivity contribution in [2.45, 2.75) is 50.6 Å². The Labute approximate surface area is 189 Å². The first kappa shape index (κ1) is 21.0. The molecular weight excluding hydrogens is 404 g/mol. The first-order valence-electron chi connectivity index (χ1n) is 11.8. The molecule has 2 saturated heterocycles. The van der Waals surface area contributed by atoms with Crippen molar-refractivity contribution in [3.05, 3.63) is 48.5 Å². The Morgan fingerprint density at radius 2 is 2.00 bits per heavy atom. The normalized spacial score (nSPS) is 25.7. The van der Waals surface area contributed by atoms with Gasteiger partial charge in [-0.3, -0.25) is 9.59 Å². The Morgan fingerprint density at radius 3 is 2.75 bits per heavy atom. The zero-order chi connectivity index (χ0) is 22.1. The van der Waals surface area contributed by atoms with E-state index < -0.39 is 0 Å². The maximum absolute atomic E-state index is 13.4. The highest BCUT2D eigenvalue weighted by atomic mass is 16.5. The van der Waals surface area contributed by atoms with Crippen LogP contribution in [0.5, 0.6) is 5.75 Å². The number of carbonyl (C=O) groups is 2. The van der Waals surface area contributed by atoms with Crippen LogP contribution in [0.15, 0.2) is 43.0 Å². The molecular formula is C25H32N4O3. The summed E-state index contributed by atoms with van der Waals surface area (Å²) in [5.74, 6) is 1.92. The summed E-state index contributed by atoms with van der Waals surface area (Å²) < 4.78 is 7.29. The minimum absolute atomic E-state index is 0.117. The molecule has 1 aromatic heterocycles. The number of aromatic nitrogens is 2. The number of methoxy groups -OCH3 is 1. The molecule has 1 saturated carbocycles. The van der Waals surface area contributed by atoms with Crippen molar-refractivity contribution in [3.8, 4) is 5.75 Å². The Balaban J connectivity index is 1.39. The van der Waals surface area contributed by atoms with Gasteiger partial charge >= 0.3 is 0 Å². The van der Waals surface area contributed by atoms with E-state index in [1.54, 1.807) is 19.6 Å². The standard InChI is InChI=1S/C25H32N4O3/c1-32-20-8-4-7-19(13-20)21-15-29(25(31)18-5-2-3-6-18)23-9-11-28(14-22(21)23)24(30)16-27-12-10-26-17-27/h4,7-8,10,12-13,17-18,21-23H,2-3,5-6,9,11,14-16H2,1H3/t21-,22-,23-/m1/s1. The number of piperidine rings is 1. The predicted molar refractivity (Wildman–Crippen MR) is 120 cm³/mol. The fourth-order valence-corrected chi connectivity index (χ4v) is 5.98. The molecule has 7 heteroatoms. The molecule has 0 spiro atoms. The first-order valence-corrected chi connectivity index (χ1v) is 11.8. The maximum atomic E-state index is 13.4. The van der Waals surface area contributed by atoms with Crippen molar-refractivity contribution in [1.82, 2.24) is 19.4 Å². The van der Waals surface area contributed by atoms with E-state index in [9.17, 15) is 9.59 Å². The third-order valence-corrected chi connectivity index (χ3v) is 7.67. The number of hydrogen-bond acceptors (Lipinski definition) is 4. The molecule has 1 aromatic carbocycles. The second-order valence-corrected chi connectivity index (χ2v) is 9.45. The summed E-state index contributed by atoms with van der Waals surface area (Å²) in [7, 11) is 1.68. The van der Waals surface area contributed by atoms with Crippen LogP contribution >= 0.6 is 0 Å². The third-order valence-electron chi connectivity index (χ3n) is 7.67. The third kappa shape index (κ3) is 4.00. The molecule has 1 aliphatic carbocycles. The zero-order valence-corrected chi connectivity index (χ0v) is 18.7. The van der Waals surface area contributed by atoms with E-state index in [2.05, 4.69) is 22.0 Å². The number of fused-ring (bicyclic) bond motifs is 1. The second kappa shape index (κ2) is 8.96. The molecule has 5 rings (SSSR count). The van der Waals surface area contributed by atoms with E-state index >= 15 is 0 Å². The Morgan fingerprint density at radius 1 is 1.16 bits per heavy atom. The zero-order valence-electron chi connectivity index (χ0n) is 18.7. The Kier molecular flexibility index (Phi) is 5.89. The Hall–Kier alpha value is -2.83. The summed E-state index contributed by atoms with van der Waals surface area (Å²) in [6.45, 7) is 2.44. The van der Waals surface area contributed by atoms with Crippen molar-refractivity contribution in [2.24, 2.45) is 11.8 Å². The number of ether oxygens (including phenoxy) is 1. The topological polar surface area (TPSA) is 67.7 Å². The number of benzene rings is 1. The average Bonchev–Trinajstić information content (AvgIpc) is 3.59. The van der Waals surface area contributed by atoms with Crippen LogP contribution in [0.2, 0.25) is 0 Å². The fourth-order valence-electron chi connectivity index (χ4n) is 5.98. The summed E-state index contributed by atoms with van der Waals surface area (Å²) >= 11 is 0. The van der Waals surface area contributed by atoms with Crippen LogP contribution in [0.4, 0.5) is 0 Å². The number of rotatable bonds is 5. The monoisotopic (exact) mass is 436 g/mol. The Bertz CT molecular complexity index is 954. The van der Waals surface area contributed by atoms with Gasteiger partial charge in [-0.2, -0.15) is 0 Å². The summed E-state index contributed by atoms with van der Waals surface area (Å²) in [6.07, 6.45) is 10.4. The SMILES string of the molecule is COc1cccc([C@H]2CN(C(=O)C3CCCC3)[C@@H]3CCN(C(=O)Cn4ccnc4)C[C@H]23)c1. The molecule has 0 N–H and O–H groups in total. The first-order chi connectivity index (χ1) is 15.6. The van der Waals surface area contributed by atoms with E-state index in [0.29, 0.717) is 25.5 Å². The molecule has 3 heterocycles. The van der Waals surface area contributed by atoms with Crippen LogP contribution in [0.1, 0.15) is 43.6 Å². The molecule has 0 bridgehead atoms. The number of hydrogen-bond donors (Lipinski definition) is 0. The van der Waals surface area contributed by atoms with E-state index in [0.717, 1.165) is 44.4 Å². The lowest BCUT2D eigenvalue weighted by Crippen LogP contribution is -2.51. The fraction of sp³-hybridized carbons (Fsp3) is 0.560. The molecule has 7 nitrogen and oxygen atoms in total. The van der Waals surface area contributed by atoms with Gasteiger partial charge in [0.2, 0.25) is 11.8 Å². The summed E-state index contributed by atoms with van der Waals surface area (Å²) in [6, 6.07) is 8.42. The predicted octanol–water partition coefficient (Wildman–Crippen LogP) is 2.93. The van der Waals surface area contributed by atoms with E-state index in [1.165, 1.54) is 5.56 Å². The maximum Gasteiger partial charge on any atom is 0.242 e. The van der Waals surface area contributed by atoms with Gasteiger partial charge in [-0.25, -0.2) is 4.98 Å². The van der Waals surface area contributed by atoms with Crippen LogP contribution in [-0.4, -0.2) is 64.0 Å². The van der Waals surface area contributed by atoms with E-state index in [1.807, 2.05) is 27.8 Å². The number of carbonyl (C=O) groups excluding carboxylic acids is 2. The summed E-state index contributed by atoms with van der Waals surface area (Å²) in [4.78, 5) is 34.6. The lowest BCUT2D eigenvalue weighted by Gasteiger charge is -2.39. The van der Waals surface area contributed by atoms with Gasteiger partial charge in [0.05, 0.1) is 13.4 Å². The molecule has 2 amide bonds. The van der Waals surface area contributed by atoms with Crippen LogP contribution < -0.4 is 4.74 Å². The van der Waals surface area contributed by atoms with Crippen molar-refractivity contribution < 1.29 is 14.3 Å². The quantitative estimate of drug-likeness (QED) is 0.723. The van der Waals surface area contributed by atoms with Gasteiger partial charge in [0, 0.05) is 55.8 Å². The van der Waals surface area contributed by atoms with Gasteiger partial charge in [0.25, 0.3) is 0 Å². The van der Waals surface area contributed by atoms with Crippen molar-refractivity contribution in [1.29, 1.82) is 0 Å². The number of amides is 2. The number of likely N-dealkylation sites (tertiary alicyclic amines) is 2. The van der Waals surface area contributed by atoms with Gasteiger partial charge in [-0.05, 0) is 37.0 Å². The highest BCUT2D eigenvalue weighted by Gasteiger charge is 2.48. The molecule has 3 atom stereocenters. The van der Waals surface area contributed by atoms with Crippen LogP contribution in [0, 0.1) is 11.8 Å². The van der Waals surface area contributed by atoms with Crippen LogP contribution in [0.25, 0.3) is 0 Å². The number of nitrogens with zero attached hydrogens (tertiary/aromatic N) is 4. The molecule has 170 valence electrons. The summed E-state index contributed by atoms with van der Waals surface area (Å²) in [5, 5.41) is 0. The molecule has 0 radical (unpaired) electrons. The van der Waals surface area contributed by atoms with Crippen molar-refractivity contribution in [3.63, 3.8) is 0 Å². The molecule has 2 aliphatic heterocycles. The lowest BCUT2D eigenvalue weighted by atomic mass is 9.81. The highest BCUT2D eigenvalue weighted by molar-refractivity contribution is 5.80. The lowest BCUT2D eigenvalue weighted by molar-refractivity contribution is -0.138. The van der Waals surface area contributed by atoms with Gasteiger partial charge < -0.3 is 19.1 Å². The van der Waals surface area contributed by atoms with Gasteiger partial charge in [0.15, 0.2) is 0 Å². The van der Waals surface area contributed by atoms with Gasteiger partial charge in [-0.15, -0.1) is 0 Å². The van der Waals surface area contributed by atoms with E-state index in [-0.39, 0.29) is 29.7 Å². The van der Waals surface area contributed by atoms with Crippen molar-refractivity contribution in [2.75, 3.05) is 26.7 Å². The minimum Gasteiger partial charge on any atom is -0.497 e. The molecule has 3 fully saturated rings. The second-order valence-electron chi connectivity index (χ2n) is 9.45. The van der Waals surface area contributed by atoms with Gasteiger partial charge in [-0.1, -0.05) is 25.0 Å². The van der Waals surface area contributed by atoms with Crippen molar-refractivity contribution >= 4 is 11.8 Å². The van der Waals surface area contributed by atoms with Gasteiger partial charge in [0.1, 0.15) is 12.3 Å². The highest BCUT2D eigenvalue weighted by Crippen LogP contribution is 2.43. The summed E-state index contributed by atoms with van der Waals surface area (Å²) in [5.41, 5.74) is 1.20. The molecule has 32 heavy (non-hydrogen) atoms. The average molecular weight is 437 g/mol. The van der Waals surface area contributed by atoms with Crippen LogP contribution in [-0.2, 0) is 16.1 Å². The molecule has 0 unspecified atom stereocenters.